The maximum Gasteiger partial charge on any atom is 0.416 e. The molecule has 0 saturated carbocycles. The van der Waals surface area contributed by atoms with E-state index in [1.165, 1.54) is 12.1 Å². The first kappa shape index (κ1) is 14.0. The first-order chi connectivity index (χ1) is 7.93. The Hall–Kier alpha value is -1.07. The van der Waals surface area contributed by atoms with Gasteiger partial charge in [0.05, 0.1) is 5.56 Å². The minimum Gasteiger partial charge on any atom is -0.329 e. The van der Waals surface area contributed by atoms with E-state index in [9.17, 15) is 13.2 Å². The number of benzene rings is 1. The number of hydrogen-bond acceptors (Lipinski definition) is 2. The third-order valence-electron chi connectivity index (χ3n) is 2.46. The standard InChI is InChI=1S/C12H17F3N2/c1-9(17-7-6-16)8-10-2-4-11(5-3-10)12(13,14)15/h2-5,9,17H,6-8,16H2,1H3. The molecule has 0 spiro atoms. The quantitative estimate of drug-likeness (QED) is 0.835. The Morgan fingerprint density at radius 3 is 2.29 bits per heavy atom. The molecule has 0 saturated heterocycles. The van der Waals surface area contributed by atoms with Crippen LogP contribution < -0.4 is 11.1 Å². The number of nitrogens with two attached hydrogens (primary N) is 1. The smallest absolute Gasteiger partial charge is 0.329 e. The second kappa shape index (κ2) is 6.02. The van der Waals surface area contributed by atoms with E-state index < -0.39 is 11.7 Å². The van der Waals surface area contributed by atoms with Gasteiger partial charge < -0.3 is 11.1 Å². The van der Waals surface area contributed by atoms with Crippen molar-refractivity contribution in [3.8, 4) is 0 Å². The van der Waals surface area contributed by atoms with Crippen LogP contribution in [0.4, 0.5) is 13.2 Å². The minimum atomic E-state index is -4.26. The van der Waals surface area contributed by atoms with Crippen molar-refractivity contribution in [1.29, 1.82) is 0 Å². The van der Waals surface area contributed by atoms with Gasteiger partial charge in [0, 0.05) is 19.1 Å². The van der Waals surface area contributed by atoms with Crippen LogP contribution in [-0.2, 0) is 12.6 Å². The lowest BCUT2D eigenvalue weighted by atomic mass is 10.0. The summed E-state index contributed by atoms with van der Waals surface area (Å²) in [6, 6.07) is 5.47. The van der Waals surface area contributed by atoms with Gasteiger partial charge in [-0.15, -0.1) is 0 Å². The van der Waals surface area contributed by atoms with E-state index in [2.05, 4.69) is 5.32 Å². The van der Waals surface area contributed by atoms with Gasteiger partial charge in [-0.25, -0.2) is 0 Å². The third-order valence-corrected chi connectivity index (χ3v) is 2.46. The summed E-state index contributed by atoms with van der Waals surface area (Å²) in [6.45, 7) is 3.24. The van der Waals surface area contributed by atoms with Gasteiger partial charge in [-0.2, -0.15) is 13.2 Å². The van der Waals surface area contributed by atoms with Crippen LogP contribution in [-0.4, -0.2) is 19.1 Å². The van der Waals surface area contributed by atoms with Gasteiger partial charge in [-0.1, -0.05) is 12.1 Å². The number of hydrogen-bond donors (Lipinski definition) is 2. The van der Waals surface area contributed by atoms with E-state index in [4.69, 9.17) is 5.73 Å². The summed E-state index contributed by atoms with van der Waals surface area (Å²) >= 11 is 0. The molecule has 0 aliphatic rings. The van der Waals surface area contributed by atoms with Crippen molar-refractivity contribution in [2.24, 2.45) is 5.73 Å². The Labute approximate surface area is 99.0 Å². The summed E-state index contributed by atoms with van der Waals surface area (Å²) in [5.41, 5.74) is 5.63. The highest BCUT2D eigenvalue weighted by Crippen LogP contribution is 2.29. The van der Waals surface area contributed by atoms with E-state index in [1.54, 1.807) is 0 Å². The Bertz CT molecular complexity index is 333. The van der Waals surface area contributed by atoms with Crippen molar-refractivity contribution in [1.82, 2.24) is 5.32 Å². The lowest BCUT2D eigenvalue weighted by Crippen LogP contribution is -2.32. The zero-order chi connectivity index (χ0) is 12.9. The monoisotopic (exact) mass is 246 g/mol. The average Bonchev–Trinajstić information content (AvgIpc) is 2.26. The lowest BCUT2D eigenvalue weighted by Gasteiger charge is -2.13. The predicted octanol–water partition coefficient (Wildman–Crippen LogP) is 2.18. The summed E-state index contributed by atoms with van der Waals surface area (Å²) in [5, 5.41) is 3.18. The number of halogens is 3. The zero-order valence-corrected chi connectivity index (χ0v) is 9.72. The van der Waals surface area contributed by atoms with Crippen LogP contribution in [0.1, 0.15) is 18.1 Å². The highest BCUT2D eigenvalue weighted by atomic mass is 19.4. The highest BCUT2D eigenvalue weighted by molar-refractivity contribution is 5.25. The van der Waals surface area contributed by atoms with Crippen molar-refractivity contribution < 1.29 is 13.2 Å². The number of rotatable bonds is 5. The molecule has 0 amide bonds. The maximum atomic E-state index is 12.3. The van der Waals surface area contributed by atoms with Gasteiger partial charge in [-0.3, -0.25) is 0 Å². The third kappa shape index (κ3) is 4.75. The van der Waals surface area contributed by atoms with Crippen LogP contribution in [0.25, 0.3) is 0 Å². The summed E-state index contributed by atoms with van der Waals surface area (Å²) < 4.78 is 37.0. The predicted molar refractivity (Wildman–Crippen MR) is 61.7 cm³/mol. The molecule has 1 aromatic carbocycles. The van der Waals surface area contributed by atoms with Gasteiger partial charge in [0.1, 0.15) is 0 Å². The highest BCUT2D eigenvalue weighted by Gasteiger charge is 2.29. The Morgan fingerprint density at radius 2 is 1.82 bits per heavy atom. The molecule has 1 rings (SSSR count). The van der Waals surface area contributed by atoms with Crippen molar-refractivity contribution in [2.45, 2.75) is 25.6 Å². The fourth-order valence-electron chi connectivity index (χ4n) is 1.59. The molecule has 2 nitrogen and oxygen atoms in total. The second-order valence-electron chi connectivity index (χ2n) is 4.04. The molecule has 0 radical (unpaired) electrons. The molecule has 0 fully saturated rings. The molecular weight excluding hydrogens is 229 g/mol. The van der Waals surface area contributed by atoms with E-state index in [-0.39, 0.29) is 6.04 Å². The van der Waals surface area contributed by atoms with E-state index >= 15 is 0 Å². The molecule has 17 heavy (non-hydrogen) atoms. The van der Waals surface area contributed by atoms with Crippen LogP contribution in [0.3, 0.4) is 0 Å². The van der Waals surface area contributed by atoms with E-state index in [0.29, 0.717) is 19.5 Å². The Morgan fingerprint density at radius 1 is 1.24 bits per heavy atom. The molecule has 1 atom stereocenters. The Balaban J connectivity index is 2.56. The number of alkyl halides is 3. The molecule has 3 N–H and O–H groups in total. The zero-order valence-electron chi connectivity index (χ0n) is 9.72. The van der Waals surface area contributed by atoms with Crippen LogP contribution in [0.5, 0.6) is 0 Å². The van der Waals surface area contributed by atoms with Crippen LogP contribution in [0.15, 0.2) is 24.3 Å². The molecule has 0 aliphatic heterocycles. The normalized spacial score (nSPS) is 13.7. The SMILES string of the molecule is CC(Cc1ccc(C(F)(F)F)cc1)NCCN. The van der Waals surface area contributed by atoms with Gasteiger partial charge >= 0.3 is 6.18 Å². The Kier molecular flexibility index (Phi) is 4.96. The van der Waals surface area contributed by atoms with Gasteiger partial charge in [-0.05, 0) is 31.0 Å². The average molecular weight is 246 g/mol. The molecular formula is C12H17F3N2. The van der Waals surface area contributed by atoms with Crippen molar-refractivity contribution in [3.05, 3.63) is 35.4 Å². The maximum absolute atomic E-state index is 12.3. The molecule has 0 bridgehead atoms. The summed E-state index contributed by atoms with van der Waals surface area (Å²) in [6.07, 6.45) is -3.57. The van der Waals surface area contributed by atoms with Crippen molar-refractivity contribution in [3.63, 3.8) is 0 Å². The molecule has 96 valence electrons. The van der Waals surface area contributed by atoms with Crippen LogP contribution in [0.2, 0.25) is 0 Å². The molecule has 0 heterocycles. The fourth-order valence-corrected chi connectivity index (χ4v) is 1.59. The molecule has 0 aliphatic carbocycles. The van der Waals surface area contributed by atoms with Gasteiger partial charge in [0.25, 0.3) is 0 Å². The second-order valence-corrected chi connectivity index (χ2v) is 4.04. The van der Waals surface area contributed by atoms with E-state index in [1.807, 2.05) is 6.92 Å². The molecule has 1 unspecified atom stereocenters. The van der Waals surface area contributed by atoms with Crippen molar-refractivity contribution in [2.75, 3.05) is 13.1 Å². The fraction of sp³-hybridized carbons (Fsp3) is 0.500. The van der Waals surface area contributed by atoms with Crippen LogP contribution >= 0.6 is 0 Å². The largest absolute Gasteiger partial charge is 0.416 e. The summed E-state index contributed by atoms with van der Waals surface area (Å²) in [4.78, 5) is 0. The molecule has 5 heteroatoms. The van der Waals surface area contributed by atoms with Gasteiger partial charge in [0.15, 0.2) is 0 Å². The summed E-state index contributed by atoms with van der Waals surface area (Å²) in [7, 11) is 0. The first-order valence-electron chi connectivity index (χ1n) is 5.53. The summed E-state index contributed by atoms with van der Waals surface area (Å²) in [5.74, 6) is 0. The number of nitrogens with one attached hydrogen (secondary N) is 1. The minimum absolute atomic E-state index is 0.204. The topological polar surface area (TPSA) is 38.0 Å². The lowest BCUT2D eigenvalue weighted by molar-refractivity contribution is -0.137. The van der Waals surface area contributed by atoms with Crippen molar-refractivity contribution >= 4 is 0 Å². The van der Waals surface area contributed by atoms with E-state index in [0.717, 1.165) is 17.7 Å². The van der Waals surface area contributed by atoms with Crippen LogP contribution in [0, 0.1) is 0 Å². The molecule has 0 aromatic heterocycles. The molecule has 1 aromatic rings. The van der Waals surface area contributed by atoms with Gasteiger partial charge in [0.2, 0.25) is 0 Å². The first-order valence-corrected chi connectivity index (χ1v) is 5.53.